The molecule has 1 aromatic carbocycles. The molecule has 0 spiro atoms. The van der Waals surface area contributed by atoms with Crippen LogP contribution in [0, 0.1) is 0 Å². The fourth-order valence-corrected chi connectivity index (χ4v) is 3.66. The van der Waals surface area contributed by atoms with E-state index in [2.05, 4.69) is 17.1 Å². The van der Waals surface area contributed by atoms with Crippen LogP contribution in [0.25, 0.3) is 0 Å². The molecule has 0 bridgehead atoms. The van der Waals surface area contributed by atoms with Crippen molar-refractivity contribution in [2.24, 2.45) is 0 Å². The van der Waals surface area contributed by atoms with Crippen LogP contribution in [-0.4, -0.2) is 67.6 Å². The lowest BCUT2D eigenvalue weighted by Crippen LogP contribution is -2.44. The van der Waals surface area contributed by atoms with Gasteiger partial charge in [0.15, 0.2) is 0 Å². The highest BCUT2D eigenvalue weighted by Gasteiger charge is 2.22. The molecule has 1 saturated heterocycles. The van der Waals surface area contributed by atoms with Gasteiger partial charge in [0.1, 0.15) is 0 Å². The first-order valence-corrected chi connectivity index (χ1v) is 11.0. The van der Waals surface area contributed by atoms with Gasteiger partial charge in [-0.15, -0.1) is 0 Å². The third-order valence-electron chi connectivity index (χ3n) is 5.38. The van der Waals surface area contributed by atoms with Crippen molar-refractivity contribution in [3.8, 4) is 0 Å². The number of morpholine rings is 1. The highest BCUT2D eigenvalue weighted by molar-refractivity contribution is 5.79. The van der Waals surface area contributed by atoms with Gasteiger partial charge in [0, 0.05) is 39.6 Å². The summed E-state index contributed by atoms with van der Waals surface area (Å²) in [6, 6.07) is 9.46. The topological polar surface area (TPSA) is 61.9 Å². The first-order chi connectivity index (χ1) is 14.1. The molecular formula is C23H37N3O3. The maximum absolute atomic E-state index is 13.2. The highest BCUT2D eigenvalue weighted by Crippen LogP contribution is 2.18. The minimum atomic E-state index is -0.289. The largest absolute Gasteiger partial charge is 0.379 e. The number of amides is 2. The second-order valence-electron chi connectivity index (χ2n) is 7.76. The molecule has 162 valence electrons. The van der Waals surface area contributed by atoms with E-state index in [9.17, 15) is 9.59 Å². The van der Waals surface area contributed by atoms with Gasteiger partial charge in [-0.1, -0.05) is 56.5 Å². The Balaban J connectivity index is 1.98. The second kappa shape index (κ2) is 13.3. The van der Waals surface area contributed by atoms with Gasteiger partial charge in [0.05, 0.1) is 25.7 Å². The van der Waals surface area contributed by atoms with Crippen LogP contribution in [0.2, 0.25) is 0 Å². The van der Waals surface area contributed by atoms with Crippen LogP contribution in [0.1, 0.15) is 57.6 Å². The highest BCUT2D eigenvalue weighted by atomic mass is 16.5. The monoisotopic (exact) mass is 403 g/mol. The maximum atomic E-state index is 13.2. The summed E-state index contributed by atoms with van der Waals surface area (Å²) in [5.74, 6) is -0.00757. The average Bonchev–Trinajstić information content (AvgIpc) is 2.73. The van der Waals surface area contributed by atoms with E-state index >= 15 is 0 Å². The minimum Gasteiger partial charge on any atom is -0.379 e. The van der Waals surface area contributed by atoms with Crippen molar-refractivity contribution in [3.63, 3.8) is 0 Å². The smallest absolute Gasteiger partial charge is 0.225 e. The van der Waals surface area contributed by atoms with Crippen molar-refractivity contribution in [3.05, 3.63) is 35.9 Å². The van der Waals surface area contributed by atoms with Crippen molar-refractivity contribution in [1.82, 2.24) is 15.1 Å². The van der Waals surface area contributed by atoms with E-state index in [-0.39, 0.29) is 17.9 Å². The van der Waals surface area contributed by atoms with Crippen molar-refractivity contribution in [2.45, 2.75) is 52.0 Å². The SMILES string of the molecule is CCCCCCN(CCN1CCOCC1)C(=O)CC(NC(C)=O)c1ccccc1. The fraction of sp³-hybridized carbons (Fsp3) is 0.652. The van der Waals surface area contributed by atoms with Gasteiger partial charge in [0.25, 0.3) is 0 Å². The Morgan fingerprint density at radius 3 is 2.48 bits per heavy atom. The predicted octanol–water partition coefficient (Wildman–Crippen LogP) is 3.00. The normalized spacial score (nSPS) is 15.7. The van der Waals surface area contributed by atoms with Crippen molar-refractivity contribution < 1.29 is 14.3 Å². The van der Waals surface area contributed by atoms with Crippen LogP contribution in [-0.2, 0) is 14.3 Å². The predicted molar refractivity (Wildman–Crippen MR) is 116 cm³/mol. The number of carbonyl (C=O) groups excluding carboxylic acids is 2. The number of nitrogens with zero attached hydrogens (tertiary/aromatic N) is 2. The number of ether oxygens (including phenoxy) is 1. The zero-order chi connectivity index (χ0) is 20.9. The van der Waals surface area contributed by atoms with Crippen LogP contribution in [0.3, 0.4) is 0 Å². The summed E-state index contributed by atoms with van der Waals surface area (Å²) in [5, 5.41) is 2.95. The number of hydrogen-bond donors (Lipinski definition) is 1. The molecule has 1 atom stereocenters. The number of carbonyl (C=O) groups is 2. The zero-order valence-corrected chi connectivity index (χ0v) is 18.1. The van der Waals surface area contributed by atoms with E-state index in [0.717, 1.165) is 64.3 Å². The van der Waals surface area contributed by atoms with Crippen LogP contribution in [0.4, 0.5) is 0 Å². The van der Waals surface area contributed by atoms with E-state index in [4.69, 9.17) is 4.74 Å². The van der Waals surface area contributed by atoms with E-state index in [1.54, 1.807) is 0 Å². The van der Waals surface area contributed by atoms with Crippen molar-refractivity contribution >= 4 is 11.8 Å². The summed E-state index contributed by atoms with van der Waals surface area (Å²) in [7, 11) is 0. The molecule has 1 N–H and O–H groups in total. The summed E-state index contributed by atoms with van der Waals surface area (Å²) in [6.07, 6.45) is 4.84. The molecule has 2 amide bonds. The van der Waals surface area contributed by atoms with Gasteiger partial charge in [-0.3, -0.25) is 14.5 Å². The Bertz CT molecular complexity index is 603. The number of rotatable bonds is 12. The van der Waals surface area contributed by atoms with E-state index in [1.165, 1.54) is 19.8 Å². The third-order valence-corrected chi connectivity index (χ3v) is 5.38. The molecule has 0 aromatic heterocycles. The van der Waals surface area contributed by atoms with Crippen LogP contribution < -0.4 is 5.32 Å². The first-order valence-electron chi connectivity index (χ1n) is 11.0. The van der Waals surface area contributed by atoms with Gasteiger partial charge >= 0.3 is 0 Å². The standard InChI is InChI=1S/C23H37N3O3/c1-3-4-5-9-12-26(14-13-25-15-17-29-18-16-25)23(28)19-22(24-20(2)27)21-10-7-6-8-11-21/h6-8,10-11,22H,3-5,9,12-19H2,1-2H3,(H,24,27). The molecule has 6 nitrogen and oxygen atoms in total. The first kappa shape index (κ1) is 23.4. The summed E-state index contributed by atoms with van der Waals surface area (Å²) in [4.78, 5) is 29.2. The number of benzene rings is 1. The molecule has 6 heteroatoms. The Labute approximate surface area is 175 Å². The summed E-state index contributed by atoms with van der Waals surface area (Å²) in [6.45, 7) is 9.47. The molecule has 1 fully saturated rings. The second-order valence-corrected chi connectivity index (χ2v) is 7.76. The third kappa shape index (κ3) is 8.96. The van der Waals surface area contributed by atoms with Gasteiger partial charge in [-0.25, -0.2) is 0 Å². The van der Waals surface area contributed by atoms with Gasteiger partial charge in [-0.05, 0) is 12.0 Å². The van der Waals surface area contributed by atoms with Gasteiger partial charge < -0.3 is 15.0 Å². The molecule has 1 aromatic rings. The summed E-state index contributed by atoms with van der Waals surface area (Å²) < 4.78 is 5.42. The van der Waals surface area contributed by atoms with E-state index in [1.807, 2.05) is 35.2 Å². The summed E-state index contributed by atoms with van der Waals surface area (Å²) in [5.41, 5.74) is 0.968. The minimum absolute atomic E-state index is 0.109. The average molecular weight is 404 g/mol. The Hall–Kier alpha value is -1.92. The molecule has 1 unspecified atom stereocenters. The van der Waals surface area contributed by atoms with Crippen LogP contribution in [0.15, 0.2) is 30.3 Å². The number of unbranched alkanes of at least 4 members (excludes halogenated alkanes) is 3. The van der Waals surface area contributed by atoms with Crippen molar-refractivity contribution in [1.29, 1.82) is 0 Å². The maximum Gasteiger partial charge on any atom is 0.225 e. The lowest BCUT2D eigenvalue weighted by Gasteiger charge is -2.31. The molecule has 1 heterocycles. The molecule has 0 saturated carbocycles. The van der Waals surface area contributed by atoms with E-state index in [0.29, 0.717) is 6.42 Å². The van der Waals surface area contributed by atoms with Crippen LogP contribution in [0.5, 0.6) is 0 Å². The van der Waals surface area contributed by atoms with E-state index < -0.39 is 0 Å². The lowest BCUT2D eigenvalue weighted by molar-refractivity contribution is -0.132. The Morgan fingerprint density at radius 1 is 1.10 bits per heavy atom. The number of hydrogen-bond acceptors (Lipinski definition) is 4. The lowest BCUT2D eigenvalue weighted by atomic mass is 10.0. The number of nitrogens with one attached hydrogen (secondary N) is 1. The Morgan fingerprint density at radius 2 is 1.83 bits per heavy atom. The van der Waals surface area contributed by atoms with Crippen molar-refractivity contribution in [2.75, 3.05) is 45.9 Å². The molecule has 29 heavy (non-hydrogen) atoms. The molecule has 2 rings (SSSR count). The molecule has 0 aliphatic carbocycles. The molecular weight excluding hydrogens is 366 g/mol. The molecule has 0 radical (unpaired) electrons. The summed E-state index contributed by atoms with van der Waals surface area (Å²) >= 11 is 0. The molecule has 1 aliphatic rings. The molecule has 1 aliphatic heterocycles. The Kier molecular flexibility index (Phi) is 10.7. The fourth-order valence-electron chi connectivity index (χ4n) is 3.66. The quantitative estimate of drug-likeness (QED) is 0.545. The van der Waals surface area contributed by atoms with Crippen LogP contribution >= 0.6 is 0 Å². The van der Waals surface area contributed by atoms with Gasteiger partial charge in [-0.2, -0.15) is 0 Å². The zero-order valence-electron chi connectivity index (χ0n) is 18.1. The van der Waals surface area contributed by atoms with Gasteiger partial charge in [0.2, 0.25) is 11.8 Å².